The Morgan fingerprint density at radius 3 is 2.76 bits per heavy atom. The highest BCUT2D eigenvalue weighted by Gasteiger charge is 2.29. The molecule has 0 aromatic rings. The number of hydrogen-bond acceptors (Lipinski definition) is 5. The van der Waals surface area contributed by atoms with E-state index in [4.69, 9.17) is 10.00 Å². The van der Waals surface area contributed by atoms with Crippen molar-refractivity contribution < 1.29 is 9.53 Å². The van der Waals surface area contributed by atoms with Crippen LogP contribution in [0, 0.1) is 23.2 Å². The molecule has 2 unspecified atom stereocenters. The molecule has 0 spiro atoms. The van der Waals surface area contributed by atoms with Crippen molar-refractivity contribution in [3.05, 3.63) is 0 Å². The predicted molar refractivity (Wildman–Crippen MR) is 80.5 cm³/mol. The smallest absolute Gasteiger partial charge is 0.305 e. The Hall–Kier alpha value is -1.12. The predicted octanol–water partition coefficient (Wildman–Crippen LogP) is 1.54. The van der Waals surface area contributed by atoms with Gasteiger partial charge in [-0.05, 0) is 37.6 Å². The third kappa shape index (κ3) is 5.29. The van der Waals surface area contributed by atoms with E-state index >= 15 is 0 Å². The van der Waals surface area contributed by atoms with Gasteiger partial charge in [-0.3, -0.25) is 9.69 Å². The van der Waals surface area contributed by atoms with Gasteiger partial charge >= 0.3 is 5.97 Å². The number of likely N-dealkylation sites (tertiary alicyclic amines) is 1. The summed E-state index contributed by atoms with van der Waals surface area (Å²) in [6.45, 7) is 3.26. The molecular weight excluding hydrogens is 266 g/mol. The van der Waals surface area contributed by atoms with Crippen molar-refractivity contribution in [2.75, 3.05) is 33.3 Å². The summed E-state index contributed by atoms with van der Waals surface area (Å²) in [7, 11) is 1.44. The Bertz CT molecular complexity index is 374. The molecular formula is C16H27N3O2. The largest absolute Gasteiger partial charge is 0.469 e. The van der Waals surface area contributed by atoms with Crippen LogP contribution in [-0.4, -0.2) is 50.2 Å². The average Bonchev–Trinajstić information content (AvgIpc) is 2.98. The number of methoxy groups -OCH3 is 1. The van der Waals surface area contributed by atoms with Crippen molar-refractivity contribution >= 4 is 5.97 Å². The van der Waals surface area contributed by atoms with Crippen LogP contribution in [0.3, 0.4) is 0 Å². The first-order valence-electron chi connectivity index (χ1n) is 8.10. The second-order valence-corrected chi connectivity index (χ2v) is 6.49. The summed E-state index contributed by atoms with van der Waals surface area (Å²) in [5, 5.41) is 12.6. The fourth-order valence-corrected chi connectivity index (χ4v) is 3.69. The number of hydrogen-bond donors (Lipinski definition) is 1. The SMILES string of the molecule is COC(=O)CC1CC(NCC2CCCC2)CN(CC#N)C1. The molecule has 1 heterocycles. The number of nitrogens with zero attached hydrogens (tertiary/aromatic N) is 2. The van der Waals surface area contributed by atoms with E-state index in [9.17, 15) is 4.79 Å². The number of carbonyl (C=O) groups is 1. The third-order valence-electron chi connectivity index (χ3n) is 4.76. The zero-order chi connectivity index (χ0) is 15.1. The van der Waals surface area contributed by atoms with E-state index in [0.29, 0.717) is 24.9 Å². The summed E-state index contributed by atoms with van der Waals surface area (Å²) >= 11 is 0. The number of esters is 1. The van der Waals surface area contributed by atoms with Gasteiger partial charge in [-0.15, -0.1) is 0 Å². The van der Waals surface area contributed by atoms with Crippen molar-refractivity contribution in [1.29, 1.82) is 5.26 Å². The molecule has 1 aliphatic carbocycles. The quantitative estimate of drug-likeness (QED) is 0.594. The summed E-state index contributed by atoms with van der Waals surface area (Å²) in [4.78, 5) is 13.6. The summed E-state index contributed by atoms with van der Waals surface area (Å²) in [5.41, 5.74) is 0. The molecule has 2 rings (SSSR count). The van der Waals surface area contributed by atoms with E-state index in [1.54, 1.807) is 0 Å². The van der Waals surface area contributed by atoms with Crippen LogP contribution in [0.25, 0.3) is 0 Å². The maximum Gasteiger partial charge on any atom is 0.305 e. The van der Waals surface area contributed by atoms with Crippen molar-refractivity contribution in [3.63, 3.8) is 0 Å². The number of nitrogens with one attached hydrogen (secondary N) is 1. The third-order valence-corrected chi connectivity index (χ3v) is 4.76. The molecule has 1 N–H and O–H groups in total. The molecule has 0 radical (unpaired) electrons. The number of piperidine rings is 1. The Kier molecular flexibility index (Phi) is 6.47. The van der Waals surface area contributed by atoms with Crippen LogP contribution in [-0.2, 0) is 9.53 Å². The highest BCUT2D eigenvalue weighted by molar-refractivity contribution is 5.69. The van der Waals surface area contributed by atoms with Gasteiger partial charge in [0.2, 0.25) is 0 Å². The van der Waals surface area contributed by atoms with Gasteiger partial charge in [0.15, 0.2) is 0 Å². The normalized spacial score (nSPS) is 27.4. The molecule has 1 aliphatic heterocycles. The zero-order valence-electron chi connectivity index (χ0n) is 13.0. The van der Waals surface area contributed by atoms with E-state index < -0.39 is 0 Å². The standard InChI is InChI=1S/C16H27N3O2/c1-21-16(20)9-14-8-15(12-19(11-14)7-6-17)18-10-13-4-2-3-5-13/h13-15,18H,2-5,7-12H2,1H3. The van der Waals surface area contributed by atoms with E-state index in [1.807, 2.05) is 0 Å². The summed E-state index contributed by atoms with van der Waals surface area (Å²) in [6, 6.07) is 2.62. The minimum atomic E-state index is -0.145. The van der Waals surface area contributed by atoms with E-state index in [2.05, 4.69) is 16.3 Å². The monoisotopic (exact) mass is 293 g/mol. The summed E-state index contributed by atoms with van der Waals surface area (Å²) in [6.07, 6.45) is 6.87. The molecule has 1 saturated carbocycles. The van der Waals surface area contributed by atoms with Crippen LogP contribution in [0.15, 0.2) is 0 Å². The molecule has 0 aromatic heterocycles. The van der Waals surface area contributed by atoms with Crippen LogP contribution >= 0.6 is 0 Å². The lowest BCUT2D eigenvalue weighted by atomic mass is 9.91. The molecule has 2 atom stereocenters. The van der Waals surface area contributed by atoms with Gasteiger partial charge in [-0.2, -0.15) is 5.26 Å². The molecule has 2 aliphatic rings. The van der Waals surface area contributed by atoms with E-state index in [0.717, 1.165) is 32.0 Å². The Morgan fingerprint density at radius 2 is 2.10 bits per heavy atom. The van der Waals surface area contributed by atoms with Crippen LogP contribution in [0.1, 0.15) is 38.5 Å². The van der Waals surface area contributed by atoms with Gasteiger partial charge in [-0.25, -0.2) is 0 Å². The van der Waals surface area contributed by atoms with Crippen molar-refractivity contribution in [2.24, 2.45) is 11.8 Å². The van der Waals surface area contributed by atoms with Crippen LogP contribution < -0.4 is 5.32 Å². The summed E-state index contributed by atoms with van der Waals surface area (Å²) < 4.78 is 4.78. The Balaban J connectivity index is 1.83. The maximum absolute atomic E-state index is 11.5. The minimum Gasteiger partial charge on any atom is -0.469 e. The first kappa shape index (κ1) is 16.3. The van der Waals surface area contributed by atoms with E-state index in [1.165, 1.54) is 32.8 Å². The Morgan fingerprint density at radius 1 is 1.33 bits per heavy atom. The first-order chi connectivity index (χ1) is 10.2. The topological polar surface area (TPSA) is 65.4 Å². The lowest BCUT2D eigenvalue weighted by molar-refractivity contribution is -0.142. The zero-order valence-corrected chi connectivity index (χ0v) is 13.0. The second-order valence-electron chi connectivity index (χ2n) is 6.49. The highest BCUT2D eigenvalue weighted by Crippen LogP contribution is 2.25. The highest BCUT2D eigenvalue weighted by atomic mass is 16.5. The second kappa shape index (κ2) is 8.35. The maximum atomic E-state index is 11.5. The van der Waals surface area contributed by atoms with Gasteiger partial charge in [0.05, 0.1) is 19.7 Å². The number of carbonyl (C=O) groups excluding carboxylic acids is 1. The van der Waals surface area contributed by atoms with E-state index in [-0.39, 0.29) is 5.97 Å². The Labute approximate surface area is 127 Å². The lowest BCUT2D eigenvalue weighted by Gasteiger charge is -2.37. The molecule has 0 bridgehead atoms. The van der Waals surface area contributed by atoms with Gasteiger partial charge < -0.3 is 10.1 Å². The van der Waals surface area contributed by atoms with Crippen LogP contribution in [0.2, 0.25) is 0 Å². The summed E-state index contributed by atoms with van der Waals surface area (Å²) in [5.74, 6) is 0.962. The molecule has 1 saturated heterocycles. The average molecular weight is 293 g/mol. The van der Waals surface area contributed by atoms with Gasteiger partial charge in [0.1, 0.15) is 0 Å². The van der Waals surface area contributed by atoms with Crippen molar-refractivity contribution in [3.8, 4) is 6.07 Å². The molecule has 2 fully saturated rings. The molecule has 5 heteroatoms. The number of ether oxygens (including phenoxy) is 1. The molecule has 0 amide bonds. The fourth-order valence-electron chi connectivity index (χ4n) is 3.69. The van der Waals surface area contributed by atoms with Crippen LogP contribution in [0.5, 0.6) is 0 Å². The van der Waals surface area contributed by atoms with Crippen molar-refractivity contribution in [1.82, 2.24) is 10.2 Å². The van der Waals surface area contributed by atoms with Gasteiger partial charge in [0.25, 0.3) is 0 Å². The van der Waals surface area contributed by atoms with Gasteiger partial charge in [-0.1, -0.05) is 12.8 Å². The van der Waals surface area contributed by atoms with Crippen molar-refractivity contribution in [2.45, 2.75) is 44.6 Å². The number of nitriles is 1. The molecule has 21 heavy (non-hydrogen) atoms. The van der Waals surface area contributed by atoms with Crippen LogP contribution in [0.4, 0.5) is 0 Å². The fraction of sp³-hybridized carbons (Fsp3) is 0.875. The minimum absolute atomic E-state index is 0.145. The van der Waals surface area contributed by atoms with Gasteiger partial charge in [0, 0.05) is 25.6 Å². The lowest BCUT2D eigenvalue weighted by Crippen LogP contribution is -2.50. The molecule has 118 valence electrons. The molecule has 0 aromatic carbocycles. The number of rotatable bonds is 6. The molecule has 5 nitrogen and oxygen atoms in total. The first-order valence-corrected chi connectivity index (χ1v) is 8.10.